The van der Waals surface area contributed by atoms with Crippen LogP contribution in [0.1, 0.15) is 32.6 Å². The summed E-state index contributed by atoms with van der Waals surface area (Å²) in [7, 11) is 0. The molecule has 84 valence electrons. The lowest BCUT2D eigenvalue weighted by Gasteiger charge is -2.08. The van der Waals surface area contributed by atoms with Gasteiger partial charge in [-0.1, -0.05) is 49.0 Å². The van der Waals surface area contributed by atoms with Crippen molar-refractivity contribution in [3.05, 3.63) is 47.6 Å². The Hall–Kier alpha value is -1.37. The van der Waals surface area contributed by atoms with Crippen LogP contribution in [0, 0.1) is 5.92 Å². The molecule has 0 spiro atoms. The van der Waals surface area contributed by atoms with Gasteiger partial charge in [0.15, 0.2) is 5.78 Å². The number of carbonyl (C=O) groups is 1. The van der Waals surface area contributed by atoms with Crippen LogP contribution in [0.3, 0.4) is 0 Å². The highest BCUT2D eigenvalue weighted by molar-refractivity contribution is 5.98. The van der Waals surface area contributed by atoms with Gasteiger partial charge in [-0.3, -0.25) is 4.79 Å². The summed E-state index contributed by atoms with van der Waals surface area (Å²) in [6.07, 6.45) is 16.4. The van der Waals surface area contributed by atoms with Crippen molar-refractivity contribution in [2.24, 2.45) is 5.92 Å². The number of hydrogen-bond acceptors (Lipinski definition) is 1. The molecule has 0 N–H and O–H groups in total. The first-order chi connectivity index (χ1) is 7.79. The fourth-order valence-electron chi connectivity index (χ4n) is 2.15. The molecule has 0 saturated carbocycles. The maximum absolute atomic E-state index is 12.0. The molecule has 1 atom stereocenters. The zero-order valence-corrected chi connectivity index (χ0v) is 9.78. The molecule has 0 unspecified atom stereocenters. The van der Waals surface area contributed by atoms with Crippen molar-refractivity contribution in [2.45, 2.75) is 32.6 Å². The van der Waals surface area contributed by atoms with E-state index in [-0.39, 0.29) is 5.78 Å². The Balaban J connectivity index is 1.94. The normalized spacial score (nSPS) is 23.2. The van der Waals surface area contributed by atoms with Crippen LogP contribution in [0.15, 0.2) is 47.6 Å². The summed E-state index contributed by atoms with van der Waals surface area (Å²) >= 11 is 0. The van der Waals surface area contributed by atoms with Gasteiger partial charge in [0.25, 0.3) is 0 Å². The molecule has 0 heterocycles. The van der Waals surface area contributed by atoms with Crippen LogP contribution in [0.2, 0.25) is 0 Å². The van der Waals surface area contributed by atoms with E-state index in [9.17, 15) is 4.79 Å². The molecule has 0 amide bonds. The van der Waals surface area contributed by atoms with E-state index in [1.54, 1.807) is 0 Å². The average molecular weight is 214 g/mol. The summed E-state index contributed by atoms with van der Waals surface area (Å²) in [5, 5.41) is 0. The van der Waals surface area contributed by atoms with Gasteiger partial charge < -0.3 is 0 Å². The summed E-state index contributed by atoms with van der Waals surface area (Å²) in [6.45, 7) is 2.15. The lowest BCUT2D eigenvalue weighted by atomic mass is 9.96. The summed E-state index contributed by atoms with van der Waals surface area (Å²) in [5.74, 6) is 0.595. The Morgan fingerprint density at radius 2 is 2.25 bits per heavy atom. The quantitative estimate of drug-likeness (QED) is 0.696. The zero-order chi connectivity index (χ0) is 11.4. The third kappa shape index (κ3) is 2.60. The van der Waals surface area contributed by atoms with Crippen molar-refractivity contribution < 1.29 is 4.79 Å². The topological polar surface area (TPSA) is 17.1 Å². The molecule has 0 aromatic carbocycles. The van der Waals surface area contributed by atoms with Gasteiger partial charge in [-0.2, -0.15) is 0 Å². The van der Waals surface area contributed by atoms with Gasteiger partial charge in [-0.05, 0) is 19.3 Å². The van der Waals surface area contributed by atoms with E-state index in [1.165, 1.54) is 5.57 Å². The number of allylic oxidation sites excluding steroid dienone is 8. The van der Waals surface area contributed by atoms with Gasteiger partial charge in [-0.25, -0.2) is 0 Å². The van der Waals surface area contributed by atoms with Crippen LogP contribution in [-0.4, -0.2) is 5.78 Å². The van der Waals surface area contributed by atoms with Crippen LogP contribution in [0.25, 0.3) is 0 Å². The van der Waals surface area contributed by atoms with Crippen molar-refractivity contribution in [3.8, 4) is 0 Å². The third-order valence-electron chi connectivity index (χ3n) is 3.13. The molecule has 2 rings (SSSR count). The van der Waals surface area contributed by atoms with E-state index in [1.807, 2.05) is 6.08 Å². The van der Waals surface area contributed by atoms with E-state index in [2.05, 4.69) is 37.3 Å². The molecule has 0 aromatic heterocycles. The molecule has 0 aliphatic heterocycles. The fraction of sp³-hybridized carbons (Fsp3) is 0.400. The SMILES string of the molecule is CCC1=C[C@H](CC(=O)C2=CCCC=C2)C=C1. The van der Waals surface area contributed by atoms with E-state index in [0.717, 1.165) is 24.8 Å². The minimum Gasteiger partial charge on any atom is -0.294 e. The van der Waals surface area contributed by atoms with Crippen LogP contribution in [0.5, 0.6) is 0 Å². The fourth-order valence-corrected chi connectivity index (χ4v) is 2.15. The Bertz CT molecular complexity index is 394. The van der Waals surface area contributed by atoms with Gasteiger partial charge in [0.05, 0.1) is 0 Å². The maximum atomic E-state index is 12.0. The summed E-state index contributed by atoms with van der Waals surface area (Å²) in [6, 6.07) is 0. The Morgan fingerprint density at radius 1 is 1.38 bits per heavy atom. The number of carbonyl (C=O) groups excluding carboxylic acids is 1. The van der Waals surface area contributed by atoms with Crippen molar-refractivity contribution in [1.82, 2.24) is 0 Å². The largest absolute Gasteiger partial charge is 0.294 e. The van der Waals surface area contributed by atoms with Crippen LogP contribution in [0.4, 0.5) is 0 Å². The van der Waals surface area contributed by atoms with Crippen LogP contribution >= 0.6 is 0 Å². The molecule has 0 bridgehead atoms. The van der Waals surface area contributed by atoms with Crippen LogP contribution in [-0.2, 0) is 4.79 Å². The number of Topliss-reactive ketones (excluding diaryl/α,β-unsaturated/α-hetero) is 1. The Morgan fingerprint density at radius 3 is 2.88 bits per heavy atom. The van der Waals surface area contributed by atoms with Crippen molar-refractivity contribution in [3.63, 3.8) is 0 Å². The number of rotatable bonds is 4. The molecule has 0 radical (unpaired) electrons. The number of ketones is 1. The van der Waals surface area contributed by atoms with Crippen molar-refractivity contribution in [2.75, 3.05) is 0 Å². The highest BCUT2D eigenvalue weighted by atomic mass is 16.1. The minimum atomic E-state index is 0.277. The number of hydrogen-bond donors (Lipinski definition) is 0. The van der Waals surface area contributed by atoms with Gasteiger partial charge in [0.2, 0.25) is 0 Å². The van der Waals surface area contributed by atoms with Gasteiger partial charge >= 0.3 is 0 Å². The Kier molecular flexibility index (Phi) is 3.55. The summed E-state index contributed by atoms with van der Waals surface area (Å²) in [4.78, 5) is 12.0. The van der Waals surface area contributed by atoms with Gasteiger partial charge in [0.1, 0.15) is 0 Å². The predicted octanol–water partition coefficient (Wildman–Crippen LogP) is 3.74. The molecule has 16 heavy (non-hydrogen) atoms. The molecular weight excluding hydrogens is 196 g/mol. The van der Waals surface area contributed by atoms with E-state index in [0.29, 0.717) is 12.3 Å². The summed E-state index contributed by atoms with van der Waals surface area (Å²) in [5.41, 5.74) is 2.25. The first-order valence-corrected chi connectivity index (χ1v) is 6.08. The standard InChI is InChI=1S/C15H18O/c1-2-12-8-9-13(10-12)11-15(16)14-6-4-3-5-7-14/h4,6-10,13H,2-3,5,11H2,1H3/t13-/m1/s1. The minimum absolute atomic E-state index is 0.277. The van der Waals surface area contributed by atoms with E-state index < -0.39 is 0 Å². The molecule has 0 aromatic rings. The molecular formula is C15H18O. The van der Waals surface area contributed by atoms with E-state index >= 15 is 0 Å². The second-order valence-corrected chi connectivity index (χ2v) is 4.38. The lowest BCUT2D eigenvalue weighted by Crippen LogP contribution is -2.06. The highest BCUT2D eigenvalue weighted by Crippen LogP contribution is 2.23. The first kappa shape index (κ1) is 11.1. The second kappa shape index (κ2) is 5.11. The third-order valence-corrected chi connectivity index (χ3v) is 3.13. The molecule has 1 nitrogen and oxygen atoms in total. The van der Waals surface area contributed by atoms with Crippen molar-refractivity contribution >= 4 is 5.78 Å². The van der Waals surface area contributed by atoms with Crippen molar-refractivity contribution in [1.29, 1.82) is 0 Å². The average Bonchev–Trinajstić information content (AvgIpc) is 2.78. The molecule has 2 aliphatic carbocycles. The molecule has 0 saturated heterocycles. The lowest BCUT2D eigenvalue weighted by molar-refractivity contribution is -0.115. The maximum Gasteiger partial charge on any atom is 0.163 e. The smallest absolute Gasteiger partial charge is 0.163 e. The summed E-state index contributed by atoms with van der Waals surface area (Å²) < 4.78 is 0. The molecule has 1 heteroatoms. The molecule has 0 fully saturated rings. The van der Waals surface area contributed by atoms with Gasteiger partial charge in [0, 0.05) is 17.9 Å². The Labute approximate surface area is 97.2 Å². The van der Waals surface area contributed by atoms with Crippen LogP contribution < -0.4 is 0 Å². The molecule has 2 aliphatic rings. The van der Waals surface area contributed by atoms with E-state index in [4.69, 9.17) is 0 Å². The first-order valence-electron chi connectivity index (χ1n) is 6.08. The highest BCUT2D eigenvalue weighted by Gasteiger charge is 2.15. The predicted molar refractivity (Wildman–Crippen MR) is 67.1 cm³/mol. The van der Waals surface area contributed by atoms with Gasteiger partial charge in [-0.15, -0.1) is 0 Å². The second-order valence-electron chi connectivity index (χ2n) is 4.38. The zero-order valence-electron chi connectivity index (χ0n) is 9.78. The monoisotopic (exact) mass is 214 g/mol.